The molecule has 0 radical (unpaired) electrons. The molecule has 0 spiro atoms. The fraction of sp³-hybridized carbons (Fsp3) is 0.250. The van der Waals surface area contributed by atoms with E-state index in [1.807, 2.05) is 22.6 Å². The van der Waals surface area contributed by atoms with Gasteiger partial charge in [0.05, 0.1) is 16.5 Å². The molecule has 7 heteroatoms. The lowest BCUT2D eigenvalue weighted by atomic mass is 9.99. The summed E-state index contributed by atoms with van der Waals surface area (Å²) >= 11 is 6.22. The SMILES string of the molecule is Cc1ccc2nnc(C3CN(c4ncc(C#N)cc4Cl)C3)n2c1. The average molecular weight is 325 g/mol. The Labute approximate surface area is 138 Å². The van der Waals surface area contributed by atoms with Crippen LogP contribution in [-0.4, -0.2) is 32.7 Å². The van der Waals surface area contributed by atoms with Crippen LogP contribution in [0, 0.1) is 18.3 Å². The smallest absolute Gasteiger partial charge is 0.160 e. The van der Waals surface area contributed by atoms with Crippen molar-refractivity contribution >= 4 is 23.1 Å². The fourth-order valence-electron chi connectivity index (χ4n) is 2.83. The molecule has 0 aromatic carbocycles. The second-order valence-corrected chi connectivity index (χ2v) is 6.14. The van der Waals surface area contributed by atoms with E-state index in [-0.39, 0.29) is 0 Å². The van der Waals surface area contributed by atoms with Crippen LogP contribution in [-0.2, 0) is 0 Å². The lowest BCUT2D eigenvalue weighted by Gasteiger charge is -2.39. The number of aryl methyl sites for hydroxylation is 1. The molecule has 3 aromatic rings. The minimum absolute atomic E-state index is 0.292. The zero-order valence-electron chi connectivity index (χ0n) is 12.4. The Morgan fingerprint density at radius 3 is 2.87 bits per heavy atom. The van der Waals surface area contributed by atoms with Crippen LogP contribution in [0.4, 0.5) is 5.82 Å². The van der Waals surface area contributed by atoms with E-state index in [1.54, 1.807) is 12.3 Å². The van der Waals surface area contributed by atoms with Crippen LogP contribution in [0.25, 0.3) is 5.65 Å². The molecule has 6 nitrogen and oxygen atoms in total. The van der Waals surface area contributed by atoms with Crippen molar-refractivity contribution in [2.24, 2.45) is 0 Å². The van der Waals surface area contributed by atoms with Crippen molar-refractivity contribution in [1.82, 2.24) is 19.6 Å². The monoisotopic (exact) mass is 324 g/mol. The first-order chi connectivity index (χ1) is 11.2. The van der Waals surface area contributed by atoms with Gasteiger partial charge in [-0.1, -0.05) is 17.7 Å². The second-order valence-electron chi connectivity index (χ2n) is 5.74. The maximum absolute atomic E-state index is 8.87. The third-order valence-electron chi connectivity index (χ3n) is 4.07. The van der Waals surface area contributed by atoms with Crippen molar-refractivity contribution in [3.8, 4) is 6.07 Å². The van der Waals surface area contributed by atoms with Gasteiger partial charge in [0.1, 0.15) is 17.7 Å². The summed E-state index contributed by atoms with van der Waals surface area (Å²) in [5.41, 5.74) is 2.50. The normalized spacial score (nSPS) is 14.7. The summed E-state index contributed by atoms with van der Waals surface area (Å²) in [6.07, 6.45) is 3.60. The van der Waals surface area contributed by atoms with Crippen molar-refractivity contribution in [3.05, 3.63) is 52.6 Å². The zero-order chi connectivity index (χ0) is 16.0. The van der Waals surface area contributed by atoms with E-state index in [2.05, 4.69) is 33.2 Å². The first kappa shape index (κ1) is 14.0. The molecule has 114 valence electrons. The Morgan fingerprint density at radius 2 is 2.13 bits per heavy atom. The van der Waals surface area contributed by atoms with Crippen molar-refractivity contribution in [2.75, 3.05) is 18.0 Å². The van der Waals surface area contributed by atoms with Crippen molar-refractivity contribution in [2.45, 2.75) is 12.8 Å². The molecule has 0 bridgehead atoms. The van der Waals surface area contributed by atoms with Crippen LogP contribution in [0.5, 0.6) is 0 Å². The lowest BCUT2D eigenvalue weighted by molar-refractivity contribution is 0.492. The molecule has 0 aliphatic carbocycles. The lowest BCUT2D eigenvalue weighted by Crippen LogP contribution is -2.46. The largest absolute Gasteiger partial charge is 0.354 e. The number of fused-ring (bicyclic) bond motifs is 1. The van der Waals surface area contributed by atoms with E-state index >= 15 is 0 Å². The quantitative estimate of drug-likeness (QED) is 0.724. The zero-order valence-corrected chi connectivity index (χ0v) is 13.2. The molecule has 23 heavy (non-hydrogen) atoms. The Morgan fingerprint density at radius 1 is 1.30 bits per heavy atom. The highest BCUT2D eigenvalue weighted by Gasteiger charge is 2.33. The number of pyridine rings is 2. The Bertz CT molecular complexity index is 935. The highest BCUT2D eigenvalue weighted by molar-refractivity contribution is 6.33. The number of nitriles is 1. The summed E-state index contributed by atoms with van der Waals surface area (Å²) in [6.45, 7) is 3.62. The highest BCUT2D eigenvalue weighted by Crippen LogP contribution is 2.33. The summed E-state index contributed by atoms with van der Waals surface area (Å²) < 4.78 is 2.05. The number of rotatable bonds is 2. The van der Waals surface area contributed by atoms with Gasteiger partial charge in [0, 0.05) is 25.5 Å². The second kappa shape index (κ2) is 5.21. The van der Waals surface area contributed by atoms with Gasteiger partial charge in [-0.05, 0) is 24.6 Å². The van der Waals surface area contributed by atoms with Gasteiger partial charge < -0.3 is 4.90 Å². The van der Waals surface area contributed by atoms with Gasteiger partial charge in [-0.3, -0.25) is 4.40 Å². The Hall–Kier alpha value is -2.65. The van der Waals surface area contributed by atoms with Crippen LogP contribution in [0.1, 0.15) is 22.9 Å². The molecule has 0 atom stereocenters. The summed E-state index contributed by atoms with van der Waals surface area (Å²) in [6, 6.07) is 7.69. The molecule has 1 aliphatic heterocycles. The number of hydrogen-bond acceptors (Lipinski definition) is 5. The maximum atomic E-state index is 8.87. The van der Waals surface area contributed by atoms with E-state index in [0.717, 1.165) is 24.6 Å². The Kier molecular flexibility index (Phi) is 3.17. The predicted octanol–water partition coefficient (Wildman–Crippen LogP) is 2.56. The van der Waals surface area contributed by atoms with Gasteiger partial charge in [0.15, 0.2) is 5.65 Å². The van der Waals surface area contributed by atoms with Gasteiger partial charge >= 0.3 is 0 Å². The molecule has 4 heterocycles. The molecular formula is C16H13ClN6. The van der Waals surface area contributed by atoms with Gasteiger partial charge in [0.25, 0.3) is 0 Å². The van der Waals surface area contributed by atoms with Crippen LogP contribution in [0.15, 0.2) is 30.6 Å². The molecule has 0 unspecified atom stereocenters. The van der Waals surface area contributed by atoms with E-state index in [0.29, 0.717) is 22.3 Å². The van der Waals surface area contributed by atoms with Crippen LogP contribution in [0.3, 0.4) is 0 Å². The molecule has 1 fully saturated rings. The molecule has 0 N–H and O–H groups in total. The number of hydrogen-bond donors (Lipinski definition) is 0. The van der Waals surface area contributed by atoms with Gasteiger partial charge in [-0.15, -0.1) is 10.2 Å². The van der Waals surface area contributed by atoms with Crippen LogP contribution in [0.2, 0.25) is 5.02 Å². The van der Waals surface area contributed by atoms with Crippen LogP contribution < -0.4 is 4.90 Å². The summed E-state index contributed by atoms with van der Waals surface area (Å²) in [7, 11) is 0. The number of anilines is 1. The van der Waals surface area contributed by atoms with Gasteiger partial charge in [-0.2, -0.15) is 5.26 Å². The van der Waals surface area contributed by atoms with Crippen molar-refractivity contribution in [1.29, 1.82) is 5.26 Å². The molecule has 4 rings (SSSR count). The maximum Gasteiger partial charge on any atom is 0.160 e. The molecular weight excluding hydrogens is 312 g/mol. The predicted molar refractivity (Wildman–Crippen MR) is 86.6 cm³/mol. The van der Waals surface area contributed by atoms with E-state index in [9.17, 15) is 0 Å². The number of aromatic nitrogens is 4. The molecule has 1 saturated heterocycles. The minimum Gasteiger partial charge on any atom is -0.354 e. The summed E-state index contributed by atoms with van der Waals surface area (Å²) in [5.74, 6) is 1.97. The topological polar surface area (TPSA) is 70.1 Å². The number of nitrogens with zero attached hydrogens (tertiary/aromatic N) is 6. The summed E-state index contributed by atoms with van der Waals surface area (Å²) in [5, 5.41) is 17.9. The fourth-order valence-corrected chi connectivity index (χ4v) is 3.12. The third kappa shape index (κ3) is 2.30. The third-order valence-corrected chi connectivity index (χ3v) is 4.35. The van der Waals surface area contributed by atoms with Crippen molar-refractivity contribution < 1.29 is 0 Å². The average Bonchev–Trinajstić information content (AvgIpc) is 2.90. The minimum atomic E-state index is 0.292. The number of halogens is 1. The first-order valence-corrected chi connectivity index (χ1v) is 7.65. The van der Waals surface area contributed by atoms with E-state index in [4.69, 9.17) is 16.9 Å². The van der Waals surface area contributed by atoms with Gasteiger partial charge in [-0.25, -0.2) is 4.98 Å². The van der Waals surface area contributed by atoms with E-state index < -0.39 is 0 Å². The van der Waals surface area contributed by atoms with E-state index in [1.165, 1.54) is 5.56 Å². The molecule has 0 amide bonds. The molecule has 0 saturated carbocycles. The van der Waals surface area contributed by atoms with Crippen molar-refractivity contribution in [3.63, 3.8) is 0 Å². The Balaban J connectivity index is 1.57. The highest BCUT2D eigenvalue weighted by atomic mass is 35.5. The van der Waals surface area contributed by atoms with Crippen LogP contribution >= 0.6 is 11.6 Å². The standard InChI is InChI=1S/C16H13ClN6/c1-10-2-3-14-20-21-15(23(14)7-10)12-8-22(9-12)16-13(17)4-11(5-18)6-19-16/h2-4,6-7,12H,8-9H2,1H3. The first-order valence-electron chi connectivity index (χ1n) is 7.27. The molecule has 1 aliphatic rings. The van der Waals surface area contributed by atoms with Gasteiger partial charge in [0.2, 0.25) is 0 Å². The summed E-state index contributed by atoms with van der Waals surface area (Å²) in [4.78, 5) is 6.38. The molecule has 3 aromatic heterocycles.